The Labute approximate surface area is 209 Å². The number of fused-ring (bicyclic) bond motifs is 1. The van der Waals surface area contributed by atoms with Crippen LogP contribution < -0.4 is 10.6 Å². The highest BCUT2D eigenvalue weighted by molar-refractivity contribution is 6.43. The van der Waals surface area contributed by atoms with Crippen LogP contribution >= 0.6 is 0 Å². The lowest BCUT2D eigenvalue weighted by atomic mass is 9.79. The Morgan fingerprint density at radius 3 is 2.46 bits per heavy atom. The van der Waals surface area contributed by atoms with Crippen molar-refractivity contribution in [1.29, 1.82) is 0 Å². The van der Waals surface area contributed by atoms with Gasteiger partial charge in [0.25, 0.3) is 17.6 Å². The Hall–Kier alpha value is -3.28. The van der Waals surface area contributed by atoms with Gasteiger partial charge in [-0.15, -0.1) is 0 Å². The molecule has 0 spiro atoms. The lowest BCUT2D eigenvalue weighted by Crippen LogP contribution is -2.37. The number of Topliss-reactive ketones (excluding diaryl/α,β-unsaturated/α-hetero) is 1. The summed E-state index contributed by atoms with van der Waals surface area (Å²) in [6.45, 7) is 3.28. The summed E-state index contributed by atoms with van der Waals surface area (Å²) < 4.78 is 75.9. The molecule has 2 aromatic rings. The van der Waals surface area contributed by atoms with Gasteiger partial charge in [-0.05, 0) is 49.7 Å². The fourth-order valence-corrected chi connectivity index (χ4v) is 4.88. The zero-order valence-electron chi connectivity index (χ0n) is 20.1. The molecule has 0 aliphatic carbocycles. The topological polar surface area (TPSA) is 89.4 Å². The van der Waals surface area contributed by atoms with Crippen molar-refractivity contribution in [3.05, 3.63) is 52.3 Å². The number of halogens is 5. The summed E-state index contributed by atoms with van der Waals surface area (Å²) in [5.41, 5.74) is -3.64. The van der Waals surface area contributed by atoms with Crippen molar-refractivity contribution in [3.63, 3.8) is 0 Å². The van der Waals surface area contributed by atoms with Gasteiger partial charge in [-0.2, -0.15) is 13.2 Å². The molecule has 0 unspecified atom stereocenters. The fraction of sp³-hybridized carbons (Fsp3) is 0.480. The van der Waals surface area contributed by atoms with Crippen LogP contribution in [0.3, 0.4) is 0 Å². The van der Waals surface area contributed by atoms with E-state index in [2.05, 4.69) is 10.6 Å². The maximum atomic E-state index is 14.2. The SMILES string of the molecule is CC1(CCNC(=O)C(=O)c2c(C(F)(F)F)c(C(=O)Nc3ccc(F)c(F)c3)c3n2CCC3)CCOCC1. The van der Waals surface area contributed by atoms with Gasteiger partial charge in [0.2, 0.25) is 0 Å². The molecule has 37 heavy (non-hydrogen) atoms. The van der Waals surface area contributed by atoms with Gasteiger partial charge in [0.05, 0.1) is 11.1 Å². The molecule has 3 heterocycles. The number of carbonyl (C=O) groups excluding carboxylic acids is 3. The van der Waals surface area contributed by atoms with Crippen LogP contribution in [0.2, 0.25) is 0 Å². The summed E-state index contributed by atoms with van der Waals surface area (Å²) in [7, 11) is 0. The molecule has 0 saturated carbocycles. The Morgan fingerprint density at radius 1 is 1.11 bits per heavy atom. The van der Waals surface area contributed by atoms with Crippen LogP contribution in [0.4, 0.5) is 27.6 Å². The summed E-state index contributed by atoms with van der Waals surface area (Å²) in [5.74, 6) is -6.31. The highest BCUT2D eigenvalue weighted by Crippen LogP contribution is 2.41. The Balaban J connectivity index is 1.61. The van der Waals surface area contributed by atoms with Crippen molar-refractivity contribution in [2.75, 3.05) is 25.1 Å². The van der Waals surface area contributed by atoms with Crippen molar-refractivity contribution in [3.8, 4) is 0 Å². The smallest absolute Gasteiger partial charge is 0.381 e. The molecule has 0 bridgehead atoms. The van der Waals surface area contributed by atoms with Crippen LogP contribution in [0.25, 0.3) is 0 Å². The van der Waals surface area contributed by atoms with Gasteiger partial charge in [-0.3, -0.25) is 14.4 Å². The van der Waals surface area contributed by atoms with E-state index in [1.165, 1.54) is 0 Å². The Bertz CT molecular complexity index is 1230. The number of ketones is 1. The molecule has 1 fully saturated rings. The number of nitrogens with one attached hydrogen (secondary N) is 2. The third kappa shape index (κ3) is 5.53. The monoisotopic (exact) mass is 527 g/mol. The molecule has 4 rings (SSSR count). The van der Waals surface area contributed by atoms with E-state index in [0.29, 0.717) is 32.1 Å². The van der Waals surface area contributed by atoms with Crippen LogP contribution in [0.15, 0.2) is 18.2 Å². The molecular formula is C25H26F5N3O4. The summed E-state index contributed by atoms with van der Waals surface area (Å²) in [4.78, 5) is 38.7. The highest BCUT2D eigenvalue weighted by atomic mass is 19.4. The van der Waals surface area contributed by atoms with E-state index >= 15 is 0 Å². The van der Waals surface area contributed by atoms with Gasteiger partial charge in [0.15, 0.2) is 11.6 Å². The van der Waals surface area contributed by atoms with Gasteiger partial charge in [-0.25, -0.2) is 8.78 Å². The number of carbonyl (C=O) groups is 3. The number of rotatable bonds is 7. The molecule has 2 aliphatic heterocycles. The molecule has 12 heteroatoms. The number of amides is 2. The van der Waals surface area contributed by atoms with Gasteiger partial charge >= 0.3 is 6.18 Å². The fourth-order valence-electron chi connectivity index (χ4n) is 4.88. The number of alkyl halides is 3. The molecule has 0 radical (unpaired) electrons. The van der Waals surface area contributed by atoms with Gasteiger partial charge < -0.3 is 19.9 Å². The number of aromatic nitrogens is 1. The first-order valence-electron chi connectivity index (χ1n) is 11.9. The lowest BCUT2D eigenvalue weighted by Gasteiger charge is -2.33. The van der Waals surface area contributed by atoms with E-state index < -0.39 is 52.2 Å². The average molecular weight is 527 g/mol. The second kappa shape index (κ2) is 10.2. The molecule has 2 N–H and O–H groups in total. The molecule has 2 aliphatic rings. The maximum Gasteiger partial charge on any atom is 0.419 e. The van der Waals surface area contributed by atoms with Crippen molar-refractivity contribution in [2.45, 2.75) is 51.7 Å². The van der Waals surface area contributed by atoms with E-state index in [0.717, 1.165) is 29.5 Å². The van der Waals surface area contributed by atoms with E-state index in [1.54, 1.807) is 0 Å². The van der Waals surface area contributed by atoms with Crippen LogP contribution in [0.5, 0.6) is 0 Å². The van der Waals surface area contributed by atoms with Gasteiger partial charge in [0, 0.05) is 43.8 Å². The number of anilines is 1. The first kappa shape index (κ1) is 26.8. The molecule has 200 valence electrons. The maximum absolute atomic E-state index is 14.2. The normalized spacial score (nSPS) is 16.8. The minimum Gasteiger partial charge on any atom is -0.381 e. The number of nitrogens with zero attached hydrogens (tertiary/aromatic N) is 1. The Morgan fingerprint density at radius 2 is 1.81 bits per heavy atom. The zero-order valence-corrected chi connectivity index (χ0v) is 20.1. The second-order valence-electron chi connectivity index (χ2n) is 9.64. The van der Waals surface area contributed by atoms with E-state index in [4.69, 9.17) is 4.74 Å². The molecule has 2 amide bonds. The van der Waals surface area contributed by atoms with Crippen molar-refractivity contribution in [1.82, 2.24) is 9.88 Å². The largest absolute Gasteiger partial charge is 0.419 e. The number of benzene rings is 1. The van der Waals surface area contributed by atoms with Crippen molar-refractivity contribution >= 4 is 23.3 Å². The minimum atomic E-state index is -5.14. The molecule has 1 aromatic carbocycles. The average Bonchev–Trinajstić information content (AvgIpc) is 3.41. The summed E-state index contributed by atoms with van der Waals surface area (Å²) in [5, 5.41) is 4.57. The van der Waals surface area contributed by atoms with Crippen molar-refractivity contribution in [2.24, 2.45) is 5.41 Å². The molecule has 0 atom stereocenters. The minimum absolute atomic E-state index is 0.0172. The summed E-state index contributed by atoms with van der Waals surface area (Å²) in [6, 6.07) is 2.35. The standard InChI is InChI=1S/C25H26F5N3O4/c1-24(7-11-37-12-8-24)6-9-31-23(36)21(34)20-19(25(28,29)30)18(17-3-2-10-33(17)20)22(35)32-14-4-5-15(26)16(27)13-14/h4-5,13H,2-3,6-12H2,1H3,(H,31,36)(H,32,35). The number of hydrogen-bond acceptors (Lipinski definition) is 4. The Kier molecular flexibility index (Phi) is 7.40. The number of hydrogen-bond donors (Lipinski definition) is 2. The van der Waals surface area contributed by atoms with E-state index in [1.807, 2.05) is 6.92 Å². The summed E-state index contributed by atoms with van der Waals surface area (Å²) in [6.07, 6.45) is -2.66. The zero-order chi connectivity index (χ0) is 27.0. The second-order valence-corrected chi connectivity index (χ2v) is 9.64. The summed E-state index contributed by atoms with van der Waals surface area (Å²) >= 11 is 0. The first-order valence-corrected chi connectivity index (χ1v) is 11.9. The van der Waals surface area contributed by atoms with Crippen LogP contribution in [-0.2, 0) is 28.7 Å². The predicted molar refractivity (Wildman–Crippen MR) is 122 cm³/mol. The first-order chi connectivity index (χ1) is 17.4. The van der Waals surface area contributed by atoms with Gasteiger partial charge in [0.1, 0.15) is 5.69 Å². The third-order valence-electron chi connectivity index (χ3n) is 6.99. The van der Waals surface area contributed by atoms with E-state index in [9.17, 15) is 36.3 Å². The van der Waals surface area contributed by atoms with Crippen LogP contribution in [0, 0.1) is 17.0 Å². The molecule has 7 nitrogen and oxygen atoms in total. The molecular weight excluding hydrogens is 501 g/mol. The lowest BCUT2D eigenvalue weighted by molar-refractivity contribution is -0.138. The van der Waals surface area contributed by atoms with Crippen LogP contribution in [0.1, 0.15) is 64.7 Å². The van der Waals surface area contributed by atoms with Crippen LogP contribution in [-0.4, -0.2) is 41.9 Å². The predicted octanol–water partition coefficient (Wildman–Crippen LogP) is 4.49. The third-order valence-corrected chi connectivity index (χ3v) is 6.99. The quantitative estimate of drug-likeness (QED) is 0.316. The number of ether oxygens (including phenoxy) is 1. The van der Waals surface area contributed by atoms with Crippen molar-refractivity contribution < 1.29 is 41.1 Å². The molecule has 1 saturated heterocycles. The highest BCUT2D eigenvalue weighted by Gasteiger charge is 2.46. The van der Waals surface area contributed by atoms with Gasteiger partial charge in [-0.1, -0.05) is 6.92 Å². The van der Waals surface area contributed by atoms with E-state index in [-0.39, 0.29) is 36.3 Å². The molecule has 1 aromatic heterocycles.